The quantitative estimate of drug-likeness (QED) is 0.279. The minimum absolute atomic E-state index is 0.286. The van der Waals surface area contributed by atoms with Crippen molar-refractivity contribution < 1.29 is 19.5 Å². The lowest BCUT2D eigenvalue weighted by Gasteiger charge is -1.90. The highest BCUT2D eigenvalue weighted by Gasteiger charge is 1.93. The maximum atomic E-state index is 9.94. The molecule has 0 aromatic carbocycles. The number of hydrogen-bond donors (Lipinski definition) is 3. The molecule has 6 nitrogen and oxygen atoms in total. The number of carbonyl (C=O) groups excluding carboxylic acids is 2. The summed E-state index contributed by atoms with van der Waals surface area (Å²) in [5.41, 5.74) is 0. The molecule has 0 spiro atoms. The second kappa shape index (κ2) is 22.7. The normalized spacial score (nSPS) is 6.40. The van der Waals surface area contributed by atoms with Crippen LogP contribution in [0.1, 0.15) is 25.7 Å². The first-order valence-electron chi connectivity index (χ1n) is 4.01. The molecule has 0 bridgehead atoms. The Hall–Kier alpha value is -2.03. The highest BCUT2D eigenvalue weighted by atomic mass is 16.4. The van der Waals surface area contributed by atoms with Crippen LogP contribution in [0.5, 0.6) is 0 Å². The van der Waals surface area contributed by atoms with Gasteiger partial charge in [-0.15, -0.1) is 6.58 Å². The topological polar surface area (TPSA) is 119 Å². The van der Waals surface area contributed by atoms with Crippen molar-refractivity contribution in [1.82, 2.24) is 0 Å². The first-order chi connectivity index (χ1) is 7.10. The van der Waals surface area contributed by atoms with E-state index in [1.54, 1.807) is 0 Å². The van der Waals surface area contributed by atoms with E-state index in [0.29, 0.717) is 0 Å². The number of isocyanates is 2. The van der Waals surface area contributed by atoms with E-state index in [1.807, 2.05) is 6.08 Å². The molecule has 0 radical (unpaired) electrons. The van der Waals surface area contributed by atoms with Crippen molar-refractivity contribution in [2.24, 2.45) is 0 Å². The fourth-order valence-electron chi connectivity index (χ4n) is 0.565. The van der Waals surface area contributed by atoms with E-state index in [1.165, 1.54) is 0 Å². The molecule has 0 saturated carbocycles. The number of carbonyl (C=O) groups is 1. The third kappa shape index (κ3) is 75.5. The lowest BCUT2D eigenvalue weighted by Crippen LogP contribution is -1.92. The van der Waals surface area contributed by atoms with Crippen molar-refractivity contribution in [2.75, 3.05) is 0 Å². The number of allylic oxidation sites excluding steroid dienone is 1. The summed E-state index contributed by atoms with van der Waals surface area (Å²) in [6.45, 7) is 3.53. The lowest BCUT2D eigenvalue weighted by atomic mass is 10.2. The van der Waals surface area contributed by atoms with Crippen LogP contribution in [-0.2, 0) is 14.4 Å². The Kier molecular flexibility index (Phi) is 28.3. The molecule has 0 aliphatic heterocycles. The summed E-state index contributed by atoms with van der Waals surface area (Å²) in [7, 11) is 0. The van der Waals surface area contributed by atoms with Crippen molar-refractivity contribution in [3.63, 3.8) is 0 Å². The summed E-state index contributed by atoms with van der Waals surface area (Å²) in [6, 6.07) is 0. The van der Waals surface area contributed by atoms with E-state index in [9.17, 15) is 4.79 Å². The second-order valence-electron chi connectivity index (χ2n) is 2.13. The summed E-state index contributed by atoms with van der Waals surface area (Å²) in [6.07, 6.45) is 6.22. The molecule has 0 aromatic rings. The molecule has 0 atom stereocenters. The van der Waals surface area contributed by atoms with Gasteiger partial charge in [-0.2, -0.15) is 0 Å². The molecule has 6 heteroatoms. The molecule has 0 heterocycles. The summed E-state index contributed by atoms with van der Waals surface area (Å²) in [5.74, 6) is -0.709. The Labute approximate surface area is 87.6 Å². The molecule has 15 heavy (non-hydrogen) atoms. The largest absolute Gasteiger partial charge is 0.481 e. The number of hydrogen-bond acceptors (Lipinski definition) is 5. The average molecular weight is 214 g/mol. The Morgan fingerprint density at radius 3 is 1.93 bits per heavy atom. The van der Waals surface area contributed by atoms with Gasteiger partial charge in [0.1, 0.15) is 0 Å². The predicted molar refractivity (Wildman–Crippen MR) is 53.1 cm³/mol. The average Bonchev–Trinajstić information content (AvgIpc) is 2.15. The Bertz CT molecular complexity index is 214. The van der Waals surface area contributed by atoms with E-state index >= 15 is 0 Å². The molecule has 0 unspecified atom stereocenters. The molecule has 84 valence electrons. The molecule has 0 aromatic heterocycles. The van der Waals surface area contributed by atoms with Gasteiger partial charge < -0.3 is 5.11 Å². The van der Waals surface area contributed by atoms with Crippen LogP contribution in [0, 0.1) is 10.8 Å². The molecule has 0 rings (SSSR count). The molecule has 0 aliphatic carbocycles. The monoisotopic (exact) mass is 214 g/mol. The van der Waals surface area contributed by atoms with Gasteiger partial charge in [-0.1, -0.05) is 6.08 Å². The Morgan fingerprint density at radius 1 is 1.27 bits per heavy atom. The summed E-state index contributed by atoms with van der Waals surface area (Å²) < 4.78 is 0. The summed E-state index contributed by atoms with van der Waals surface area (Å²) in [4.78, 5) is 26.6. The van der Waals surface area contributed by atoms with Crippen LogP contribution in [0.3, 0.4) is 0 Å². The van der Waals surface area contributed by atoms with Crippen molar-refractivity contribution in [3.05, 3.63) is 12.7 Å². The van der Waals surface area contributed by atoms with Crippen molar-refractivity contribution >= 4 is 18.1 Å². The van der Waals surface area contributed by atoms with E-state index in [-0.39, 0.29) is 6.42 Å². The number of unbranched alkanes of at least 4 members (excludes halogenated alkanes) is 2. The molecular weight excluding hydrogens is 200 g/mol. The highest BCUT2D eigenvalue weighted by Crippen LogP contribution is 1.98. The zero-order chi connectivity index (χ0) is 12.5. The molecule has 0 fully saturated rings. The summed E-state index contributed by atoms with van der Waals surface area (Å²) >= 11 is 0. The van der Waals surface area contributed by atoms with Gasteiger partial charge >= 0.3 is 5.97 Å². The van der Waals surface area contributed by atoms with Crippen molar-refractivity contribution in [1.29, 1.82) is 10.8 Å². The molecule has 0 amide bonds. The van der Waals surface area contributed by atoms with Crippen LogP contribution < -0.4 is 0 Å². The van der Waals surface area contributed by atoms with Crippen molar-refractivity contribution in [2.45, 2.75) is 25.7 Å². The standard InChI is InChI=1S/C7H12O2.2CHNO/c1-2-3-4-5-6-7(8)9;2*2-1-3/h2H,1,3-6H2,(H,8,9);2*2H. The second-order valence-corrected chi connectivity index (χ2v) is 2.13. The molecule has 3 N–H and O–H groups in total. The number of rotatable bonds is 5. The fraction of sp³-hybridized carbons (Fsp3) is 0.444. The number of carboxylic acid groups (broad SMARTS) is 1. The predicted octanol–water partition coefficient (Wildman–Crippen LogP) is 1.62. The number of nitrogens with one attached hydrogen (secondary N) is 2. The van der Waals surface area contributed by atoms with Crippen LogP contribution in [0.25, 0.3) is 0 Å². The van der Waals surface area contributed by atoms with Crippen LogP contribution in [0.2, 0.25) is 0 Å². The van der Waals surface area contributed by atoms with E-state index < -0.39 is 5.97 Å². The summed E-state index contributed by atoms with van der Waals surface area (Å²) in [5, 5.41) is 19.0. The van der Waals surface area contributed by atoms with Crippen LogP contribution in [-0.4, -0.2) is 23.2 Å². The first-order valence-corrected chi connectivity index (χ1v) is 4.01. The maximum absolute atomic E-state index is 9.94. The SMILES string of the molecule is C=CCCCCC(=O)O.N=C=O.N=C=O. The van der Waals surface area contributed by atoms with Crippen LogP contribution in [0.15, 0.2) is 12.7 Å². The zero-order valence-corrected chi connectivity index (χ0v) is 8.28. The smallest absolute Gasteiger partial charge is 0.303 e. The van der Waals surface area contributed by atoms with Gasteiger partial charge in [-0.3, -0.25) is 4.79 Å². The van der Waals surface area contributed by atoms with E-state index in [0.717, 1.165) is 31.4 Å². The van der Waals surface area contributed by atoms with E-state index in [2.05, 4.69) is 6.58 Å². The third-order valence-corrected chi connectivity index (χ3v) is 1.05. The van der Waals surface area contributed by atoms with Gasteiger partial charge in [0.25, 0.3) is 0 Å². The maximum Gasteiger partial charge on any atom is 0.303 e. The zero-order valence-electron chi connectivity index (χ0n) is 8.28. The van der Waals surface area contributed by atoms with Crippen LogP contribution in [0.4, 0.5) is 0 Å². The minimum atomic E-state index is -0.709. The number of aliphatic carboxylic acids is 1. The minimum Gasteiger partial charge on any atom is -0.481 e. The molecule has 0 aliphatic rings. The Balaban J connectivity index is -0.000000200. The first kappa shape index (κ1) is 18.7. The van der Waals surface area contributed by atoms with E-state index in [4.69, 9.17) is 25.5 Å². The molecule has 0 saturated heterocycles. The van der Waals surface area contributed by atoms with Gasteiger partial charge in [-0.05, 0) is 19.3 Å². The van der Waals surface area contributed by atoms with Gasteiger partial charge in [0, 0.05) is 6.42 Å². The van der Waals surface area contributed by atoms with Gasteiger partial charge in [0.15, 0.2) is 0 Å². The fourth-order valence-corrected chi connectivity index (χ4v) is 0.565. The number of carboxylic acids is 1. The molecular formula is C9H14N2O4. The highest BCUT2D eigenvalue weighted by molar-refractivity contribution is 5.66. The Morgan fingerprint density at radius 2 is 1.67 bits per heavy atom. The van der Waals surface area contributed by atoms with Gasteiger partial charge in [-0.25, -0.2) is 20.4 Å². The van der Waals surface area contributed by atoms with Crippen LogP contribution >= 0.6 is 0 Å². The van der Waals surface area contributed by atoms with Gasteiger partial charge in [0.05, 0.1) is 0 Å². The van der Waals surface area contributed by atoms with Gasteiger partial charge in [0.2, 0.25) is 12.2 Å². The third-order valence-electron chi connectivity index (χ3n) is 1.05. The van der Waals surface area contributed by atoms with Crippen molar-refractivity contribution in [3.8, 4) is 0 Å². The lowest BCUT2D eigenvalue weighted by molar-refractivity contribution is -0.137.